The van der Waals surface area contributed by atoms with Crippen LogP contribution in [-0.4, -0.2) is 23.2 Å². The van der Waals surface area contributed by atoms with Gasteiger partial charge >= 0.3 is 0 Å². The highest BCUT2D eigenvalue weighted by Crippen LogP contribution is 2.29. The number of ether oxygens (including phenoxy) is 2. The molecule has 4 aromatic rings. The topological polar surface area (TPSA) is 86.5 Å². The van der Waals surface area contributed by atoms with Gasteiger partial charge < -0.3 is 19.3 Å². The zero-order valence-corrected chi connectivity index (χ0v) is 18.4. The number of aryl methyl sites for hydroxylation is 1. The highest BCUT2D eigenvalue weighted by atomic mass is 32.1. The second-order valence-electron chi connectivity index (χ2n) is 7.03. The van der Waals surface area contributed by atoms with Crippen LogP contribution in [0.1, 0.15) is 23.4 Å². The average molecular weight is 450 g/mol. The smallest absolute Gasteiger partial charge is 0.227 e. The summed E-state index contributed by atoms with van der Waals surface area (Å²) < 4.78 is 16.6. The molecule has 0 radical (unpaired) electrons. The number of nitrogens with zero attached hydrogens (tertiary/aromatic N) is 2. The van der Waals surface area contributed by atoms with Gasteiger partial charge in [-0.2, -0.15) is 4.98 Å². The summed E-state index contributed by atoms with van der Waals surface area (Å²) in [6, 6.07) is 19.4. The van der Waals surface area contributed by atoms with Crippen LogP contribution in [0, 0.1) is 0 Å². The fraction of sp³-hybridized carbons (Fsp3) is 0.208. The first-order chi connectivity index (χ1) is 15.7. The van der Waals surface area contributed by atoms with E-state index in [0.29, 0.717) is 42.8 Å². The van der Waals surface area contributed by atoms with Gasteiger partial charge in [0.25, 0.3) is 0 Å². The predicted molar refractivity (Wildman–Crippen MR) is 122 cm³/mol. The van der Waals surface area contributed by atoms with E-state index in [1.807, 2.05) is 66.0 Å². The number of carbonyl (C=O) groups is 1. The number of benzene rings is 2. The highest BCUT2D eigenvalue weighted by molar-refractivity contribution is 7.13. The lowest BCUT2D eigenvalue weighted by Gasteiger charge is -2.13. The molecule has 0 aliphatic carbocycles. The molecule has 2 aromatic carbocycles. The first-order valence-electron chi connectivity index (χ1n) is 10.2. The Morgan fingerprint density at radius 1 is 1.06 bits per heavy atom. The van der Waals surface area contributed by atoms with Crippen LogP contribution >= 0.6 is 11.3 Å². The molecule has 0 aliphatic heterocycles. The molecule has 4 rings (SSSR count). The van der Waals surface area contributed by atoms with Crippen LogP contribution in [-0.2, 0) is 24.4 Å². The van der Waals surface area contributed by atoms with Crippen molar-refractivity contribution in [1.82, 2.24) is 15.5 Å². The van der Waals surface area contributed by atoms with Crippen molar-refractivity contribution in [3.63, 3.8) is 0 Å². The molecule has 1 N–H and O–H groups in total. The summed E-state index contributed by atoms with van der Waals surface area (Å²) in [6.45, 7) is 0.843. The summed E-state index contributed by atoms with van der Waals surface area (Å²) in [5.41, 5.74) is 2.00. The Balaban J connectivity index is 1.26. The number of methoxy groups -OCH3 is 1. The van der Waals surface area contributed by atoms with Crippen LogP contribution in [0.3, 0.4) is 0 Å². The summed E-state index contributed by atoms with van der Waals surface area (Å²) in [5, 5.41) is 8.82. The Bertz CT molecular complexity index is 1140. The lowest BCUT2D eigenvalue weighted by atomic mass is 10.2. The maximum absolute atomic E-state index is 12.3. The molecule has 0 fully saturated rings. The Hall–Kier alpha value is -3.65. The van der Waals surface area contributed by atoms with E-state index >= 15 is 0 Å². The molecule has 0 saturated carbocycles. The largest absolute Gasteiger partial charge is 0.493 e. The third-order valence-corrected chi connectivity index (χ3v) is 5.60. The molecule has 0 saturated heterocycles. The molecule has 0 atom stereocenters. The summed E-state index contributed by atoms with van der Waals surface area (Å²) in [5.74, 6) is 2.19. The molecule has 8 heteroatoms. The van der Waals surface area contributed by atoms with E-state index < -0.39 is 0 Å². The summed E-state index contributed by atoms with van der Waals surface area (Å²) in [6.07, 6.45) is 0.654. The Labute approximate surface area is 190 Å². The van der Waals surface area contributed by atoms with Gasteiger partial charge in [0.15, 0.2) is 11.5 Å². The van der Waals surface area contributed by atoms with Crippen molar-refractivity contribution in [3.05, 3.63) is 83.1 Å². The number of amides is 1. The van der Waals surface area contributed by atoms with Crippen LogP contribution in [0.15, 0.2) is 70.6 Å². The molecule has 7 nitrogen and oxygen atoms in total. The normalized spacial score (nSPS) is 10.7. The van der Waals surface area contributed by atoms with E-state index in [0.717, 1.165) is 16.0 Å². The maximum Gasteiger partial charge on any atom is 0.227 e. The maximum atomic E-state index is 12.3. The van der Waals surface area contributed by atoms with E-state index in [9.17, 15) is 4.79 Å². The van der Waals surface area contributed by atoms with Gasteiger partial charge in [-0.25, -0.2) is 0 Å². The SMILES string of the molecule is COc1cc(CNC(=O)CCc2nc(-c3cccs3)no2)ccc1OCc1ccccc1. The number of hydrogen-bond acceptors (Lipinski definition) is 7. The van der Waals surface area contributed by atoms with Crippen molar-refractivity contribution < 1.29 is 18.8 Å². The van der Waals surface area contributed by atoms with Crippen LogP contribution < -0.4 is 14.8 Å². The van der Waals surface area contributed by atoms with E-state index in [2.05, 4.69) is 15.5 Å². The lowest BCUT2D eigenvalue weighted by molar-refractivity contribution is -0.121. The van der Waals surface area contributed by atoms with Gasteiger partial charge in [0, 0.05) is 19.4 Å². The summed E-state index contributed by atoms with van der Waals surface area (Å²) in [4.78, 5) is 17.5. The van der Waals surface area contributed by atoms with Crippen molar-refractivity contribution in [2.45, 2.75) is 26.0 Å². The number of hydrogen-bond donors (Lipinski definition) is 1. The minimum absolute atomic E-state index is 0.0933. The molecule has 0 spiro atoms. The van der Waals surface area contributed by atoms with Crippen molar-refractivity contribution >= 4 is 17.2 Å². The average Bonchev–Trinajstić information content (AvgIpc) is 3.53. The van der Waals surface area contributed by atoms with E-state index in [-0.39, 0.29) is 12.3 Å². The van der Waals surface area contributed by atoms with Crippen LogP contribution in [0.5, 0.6) is 11.5 Å². The zero-order valence-electron chi connectivity index (χ0n) is 17.6. The monoisotopic (exact) mass is 449 g/mol. The molecule has 164 valence electrons. The van der Waals surface area contributed by atoms with Crippen molar-refractivity contribution in [3.8, 4) is 22.2 Å². The second-order valence-corrected chi connectivity index (χ2v) is 7.97. The fourth-order valence-electron chi connectivity index (χ4n) is 3.05. The highest BCUT2D eigenvalue weighted by Gasteiger charge is 2.12. The van der Waals surface area contributed by atoms with Crippen molar-refractivity contribution in [2.24, 2.45) is 0 Å². The van der Waals surface area contributed by atoms with Gasteiger partial charge in [-0.15, -0.1) is 11.3 Å². The minimum atomic E-state index is -0.0933. The van der Waals surface area contributed by atoms with Crippen molar-refractivity contribution in [1.29, 1.82) is 0 Å². The van der Waals surface area contributed by atoms with Gasteiger partial charge in [0.1, 0.15) is 6.61 Å². The minimum Gasteiger partial charge on any atom is -0.493 e. The number of nitrogens with one attached hydrogen (secondary N) is 1. The number of aromatic nitrogens is 2. The Morgan fingerprint density at radius 2 is 1.94 bits per heavy atom. The van der Waals surface area contributed by atoms with Crippen LogP contribution in [0.4, 0.5) is 0 Å². The quantitative estimate of drug-likeness (QED) is 0.380. The number of thiophene rings is 1. The number of carbonyl (C=O) groups excluding carboxylic acids is 1. The second kappa shape index (κ2) is 10.6. The first-order valence-corrected chi connectivity index (χ1v) is 11.1. The first kappa shape index (κ1) is 21.6. The Morgan fingerprint density at radius 3 is 2.72 bits per heavy atom. The molecule has 0 unspecified atom stereocenters. The van der Waals surface area contributed by atoms with Gasteiger partial charge in [0.2, 0.25) is 17.6 Å². The van der Waals surface area contributed by atoms with Crippen LogP contribution in [0.25, 0.3) is 10.7 Å². The van der Waals surface area contributed by atoms with E-state index in [4.69, 9.17) is 14.0 Å². The van der Waals surface area contributed by atoms with Gasteiger partial charge in [0.05, 0.1) is 12.0 Å². The van der Waals surface area contributed by atoms with Gasteiger partial charge in [-0.3, -0.25) is 4.79 Å². The van der Waals surface area contributed by atoms with Gasteiger partial charge in [-0.1, -0.05) is 47.6 Å². The molecule has 0 aliphatic rings. The van der Waals surface area contributed by atoms with Gasteiger partial charge in [-0.05, 0) is 34.7 Å². The summed E-state index contributed by atoms with van der Waals surface area (Å²) in [7, 11) is 1.60. The molecule has 1 amide bonds. The predicted octanol–water partition coefficient (Wildman–Crippen LogP) is 4.63. The standard InChI is InChI=1S/C24H23N3O4S/c1-29-20-14-18(9-10-19(20)30-16-17-6-3-2-4-7-17)15-25-22(28)11-12-23-26-24(27-31-23)21-8-5-13-32-21/h2-10,13-14H,11-12,15-16H2,1H3,(H,25,28). The Kier molecular flexibility index (Phi) is 7.14. The molecule has 2 aromatic heterocycles. The van der Waals surface area contributed by atoms with Crippen LogP contribution in [0.2, 0.25) is 0 Å². The fourth-order valence-corrected chi connectivity index (χ4v) is 3.70. The van der Waals surface area contributed by atoms with Crippen molar-refractivity contribution in [2.75, 3.05) is 7.11 Å². The molecule has 2 heterocycles. The van der Waals surface area contributed by atoms with E-state index in [1.165, 1.54) is 0 Å². The van der Waals surface area contributed by atoms with E-state index in [1.54, 1.807) is 18.4 Å². The molecule has 0 bridgehead atoms. The third kappa shape index (κ3) is 5.73. The molecular formula is C24H23N3O4S. The third-order valence-electron chi connectivity index (χ3n) is 4.73. The zero-order chi connectivity index (χ0) is 22.2. The number of rotatable bonds is 10. The lowest BCUT2D eigenvalue weighted by Crippen LogP contribution is -2.23. The molecular weight excluding hydrogens is 426 g/mol. The summed E-state index contributed by atoms with van der Waals surface area (Å²) >= 11 is 1.54. The molecule has 32 heavy (non-hydrogen) atoms.